The Hall–Kier alpha value is -3.20. The van der Waals surface area contributed by atoms with Gasteiger partial charge < -0.3 is 19.9 Å². The summed E-state index contributed by atoms with van der Waals surface area (Å²) in [6.07, 6.45) is 7.58. The quantitative estimate of drug-likeness (QED) is 0.599. The Labute approximate surface area is 192 Å². The van der Waals surface area contributed by atoms with E-state index in [0.29, 0.717) is 17.8 Å². The number of fused-ring (bicyclic) bond motifs is 2. The van der Waals surface area contributed by atoms with Crippen LogP contribution in [-0.2, 0) is 20.0 Å². The van der Waals surface area contributed by atoms with Gasteiger partial charge in [-0.15, -0.1) is 0 Å². The predicted octanol–water partition coefficient (Wildman–Crippen LogP) is 1.99. The number of piperidine rings is 1. The Bertz CT molecular complexity index is 1200. The van der Waals surface area contributed by atoms with Gasteiger partial charge in [-0.3, -0.25) is 9.48 Å². The molecule has 6 rings (SSSR count). The summed E-state index contributed by atoms with van der Waals surface area (Å²) in [5, 5.41) is 17.8. The third-order valence-electron chi connectivity index (χ3n) is 7.32. The maximum absolute atomic E-state index is 12.8. The summed E-state index contributed by atoms with van der Waals surface area (Å²) in [5.41, 5.74) is 4.23. The van der Waals surface area contributed by atoms with Crippen molar-refractivity contribution >= 4 is 11.7 Å². The zero-order valence-corrected chi connectivity index (χ0v) is 19.0. The minimum atomic E-state index is -0.676. The molecule has 2 aliphatic carbocycles. The number of nitrogens with one attached hydrogen (secondary N) is 1. The minimum absolute atomic E-state index is 0.0627. The van der Waals surface area contributed by atoms with Crippen LogP contribution in [0.25, 0.3) is 0 Å². The van der Waals surface area contributed by atoms with Crippen LogP contribution < -0.4 is 10.2 Å². The molecule has 2 N–H and O–H groups in total. The minimum Gasteiger partial charge on any atom is -0.387 e. The molecule has 1 aliphatic heterocycles. The normalized spacial score (nSPS) is 24.0. The fourth-order valence-electron chi connectivity index (χ4n) is 5.36. The van der Waals surface area contributed by atoms with Gasteiger partial charge in [0.2, 0.25) is 0 Å². The number of rotatable bonds is 6. The van der Waals surface area contributed by atoms with E-state index in [0.717, 1.165) is 54.8 Å². The van der Waals surface area contributed by atoms with Gasteiger partial charge in [-0.05, 0) is 49.7 Å². The summed E-state index contributed by atoms with van der Waals surface area (Å²) in [4.78, 5) is 24.4. The summed E-state index contributed by atoms with van der Waals surface area (Å²) in [6, 6.07) is 4.00. The number of aliphatic hydroxyl groups excluding tert-OH is 1. The molecule has 0 bridgehead atoms. The van der Waals surface area contributed by atoms with E-state index in [-0.39, 0.29) is 11.9 Å². The largest absolute Gasteiger partial charge is 0.387 e. The highest BCUT2D eigenvalue weighted by atomic mass is 16.3. The standard InChI is InChI=1S/C24H29N7O2/c1-14(32)22-15(3-6-21(28-22)30-9-16-7-17(16)10-30)11-31-12-18(8-26-31)24(33)27-19-4-5-20-23(19)25-13-29(20)2/h3,6,8,12-14,16-17,19,32H,4-5,7,9-11H2,1-2H3,(H,27,33)/t14-,16?,17?,19-/m1/s1. The van der Waals surface area contributed by atoms with Crippen LogP contribution in [0.5, 0.6) is 0 Å². The molecule has 2 fully saturated rings. The number of aryl methyl sites for hydroxylation is 1. The predicted molar refractivity (Wildman–Crippen MR) is 122 cm³/mol. The van der Waals surface area contributed by atoms with Gasteiger partial charge in [0.25, 0.3) is 5.91 Å². The summed E-state index contributed by atoms with van der Waals surface area (Å²) >= 11 is 0. The van der Waals surface area contributed by atoms with Gasteiger partial charge in [0, 0.05) is 32.0 Å². The zero-order valence-electron chi connectivity index (χ0n) is 19.0. The first-order valence-electron chi connectivity index (χ1n) is 11.7. The number of amides is 1. The lowest BCUT2D eigenvalue weighted by Crippen LogP contribution is -2.27. The second-order valence-electron chi connectivity index (χ2n) is 9.73. The van der Waals surface area contributed by atoms with Crippen LogP contribution in [0.15, 0.2) is 30.9 Å². The molecule has 3 aromatic heterocycles. The fourth-order valence-corrected chi connectivity index (χ4v) is 5.36. The van der Waals surface area contributed by atoms with E-state index in [1.54, 1.807) is 30.3 Å². The number of nitrogens with zero attached hydrogens (tertiary/aromatic N) is 6. The van der Waals surface area contributed by atoms with E-state index in [4.69, 9.17) is 4.98 Å². The highest BCUT2D eigenvalue weighted by Crippen LogP contribution is 2.46. The molecule has 0 aromatic carbocycles. The number of aromatic nitrogens is 5. The van der Waals surface area contributed by atoms with Crippen molar-refractivity contribution in [2.45, 2.75) is 44.9 Å². The zero-order chi connectivity index (χ0) is 22.7. The topological polar surface area (TPSA) is 101 Å². The van der Waals surface area contributed by atoms with E-state index < -0.39 is 6.10 Å². The average molecular weight is 448 g/mol. The molecule has 33 heavy (non-hydrogen) atoms. The highest BCUT2D eigenvalue weighted by Gasteiger charge is 2.45. The lowest BCUT2D eigenvalue weighted by Gasteiger charge is -2.21. The summed E-state index contributed by atoms with van der Waals surface area (Å²) < 4.78 is 3.74. The first-order chi connectivity index (χ1) is 16.0. The number of hydrogen-bond acceptors (Lipinski definition) is 6. The maximum Gasteiger partial charge on any atom is 0.255 e. The lowest BCUT2D eigenvalue weighted by molar-refractivity contribution is 0.0936. The SMILES string of the molecule is C[C@@H](O)c1nc(N2CC3CC3C2)ccc1Cn1cc(C(=O)N[C@@H]2CCc3c2ncn3C)cn1. The van der Waals surface area contributed by atoms with Crippen LogP contribution in [-0.4, -0.2) is 48.4 Å². The van der Waals surface area contributed by atoms with Crippen molar-refractivity contribution < 1.29 is 9.90 Å². The summed E-state index contributed by atoms with van der Waals surface area (Å²) in [6.45, 7) is 4.32. The molecule has 1 saturated carbocycles. The number of pyridine rings is 1. The van der Waals surface area contributed by atoms with Gasteiger partial charge in [0.15, 0.2) is 0 Å². The van der Waals surface area contributed by atoms with Crippen molar-refractivity contribution in [3.8, 4) is 0 Å². The number of hydrogen-bond donors (Lipinski definition) is 2. The van der Waals surface area contributed by atoms with Gasteiger partial charge >= 0.3 is 0 Å². The van der Waals surface area contributed by atoms with Crippen molar-refractivity contribution in [1.82, 2.24) is 29.6 Å². The molecule has 4 heterocycles. The smallest absolute Gasteiger partial charge is 0.255 e. The van der Waals surface area contributed by atoms with Crippen molar-refractivity contribution in [2.24, 2.45) is 18.9 Å². The average Bonchev–Trinajstić information content (AvgIpc) is 3.27. The summed E-state index contributed by atoms with van der Waals surface area (Å²) in [7, 11) is 1.98. The lowest BCUT2D eigenvalue weighted by atomic mass is 10.1. The van der Waals surface area contributed by atoms with Crippen LogP contribution in [0.3, 0.4) is 0 Å². The molecule has 1 saturated heterocycles. The molecule has 3 aromatic rings. The van der Waals surface area contributed by atoms with Crippen molar-refractivity contribution in [3.63, 3.8) is 0 Å². The Morgan fingerprint density at radius 3 is 2.91 bits per heavy atom. The molecule has 172 valence electrons. The van der Waals surface area contributed by atoms with Crippen molar-refractivity contribution in [3.05, 3.63) is 59.1 Å². The molecule has 4 atom stereocenters. The monoisotopic (exact) mass is 447 g/mol. The molecular formula is C24H29N7O2. The second kappa shape index (κ2) is 7.69. The van der Waals surface area contributed by atoms with Crippen LogP contribution >= 0.6 is 0 Å². The Morgan fingerprint density at radius 1 is 1.30 bits per heavy atom. The van der Waals surface area contributed by atoms with Crippen LogP contribution in [0.4, 0.5) is 5.82 Å². The second-order valence-corrected chi connectivity index (χ2v) is 9.73. The third kappa shape index (κ3) is 3.70. The van der Waals surface area contributed by atoms with E-state index in [9.17, 15) is 9.90 Å². The van der Waals surface area contributed by atoms with Gasteiger partial charge in [-0.1, -0.05) is 6.07 Å². The van der Waals surface area contributed by atoms with E-state index in [1.807, 2.05) is 23.7 Å². The van der Waals surface area contributed by atoms with Gasteiger partial charge in [-0.25, -0.2) is 9.97 Å². The summed E-state index contributed by atoms with van der Waals surface area (Å²) in [5.74, 6) is 2.43. The van der Waals surface area contributed by atoms with E-state index in [2.05, 4.69) is 20.3 Å². The van der Waals surface area contributed by atoms with Gasteiger partial charge in [-0.2, -0.15) is 5.10 Å². The number of carbonyl (C=O) groups excluding carboxylic acids is 1. The molecule has 1 amide bonds. The third-order valence-corrected chi connectivity index (χ3v) is 7.32. The van der Waals surface area contributed by atoms with Crippen LogP contribution in [0, 0.1) is 11.8 Å². The molecule has 3 aliphatic rings. The Balaban J connectivity index is 1.15. The first kappa shape index (κ1) is 20.4. The molecular weight excluding hydrogens is 418 g/mol. The molecule has 9 heteroatoms. The first-order valence-corrected chi connectivity index (χ1v) is 11.7. The highest BCUT2D eigenvalue weighted by molar-refractivity contribution is 5.94. The number of carbonyl (C=O) groups is 1. The van der Waals surface area contributed by atoms with Crippen molar-refractivity contribution in [1.29, 1.82) is 0 Å². The Kier molecular flexibility index (Phi) is 4.76. The maximum atomic E-state index is 12.8. The number of anilines is 1. The molecule has 0 radical (unpaired) electrons. The van der Waals surface area contributed by atoms with Gasteiger partial charge in [0.05, 0.1) is 48.2 Å². The molecule has 0 spiro atoms. The van der Waals surface area contributed by atoms with Gasteiger partial charge in [0.1, 0.15) is 5.82 Å². The Morgan fingerprint density at radius 2 is 2.12 bits per heavy atom. The van der Waals surface area contributed by atoms with E-state index >= 15 is 0 Å². The fraction of sp³-hybridized carbons (Fsp3) is 0.500. The van der Waals surface area contributed by atoms with Crippen LogP contribution in [0.1, 0.15) is 64.9 Å². The molecule has 9 nitrogen and oxygen atoms in total. The molecule has 2 unspecified atom stereocenters. The van der Waals surface area contributed by atoms with E-state index in [1.165, 1.54) is 12.1 Å². The number of aliphatic hydroxyl groups is 1. The number of imidazole rings is 1. The van der Waals surface area contributed by atoms with Crippen LogP contribution in [0.2, 0.25) is 0 Å². The van der Waals surface area contributed by atoms with Crippen molar-refractivity contribution in [2.75, 3.05) is 18.0 Å².